The van der Waals surface area contributed by atoms with Crippen molar-refractivity contribution in [1.82, 2.24) is 20.0 Å². The lowest BCUT2D eigenvalue weighted by atomic mass is 10.1. The first-order valence-corrected chi connectivity index (χ1v) is 11.7. The third kappa shape index (κ3) is 4.42. The molecule has 0 atom stereocenters. The lowest BCUT2D eigenvalue weighted by molar-refractivity contribution is 0.0743. The Bertz CT molecular complexity index is 1130. The van der Waals surface area contributed by atoms with Crippen molar-refractivity contribution in [3.63, 3.8) is 0 Å². The zero-order valence-electron chi connectivity index (χ0n) is 19.6. The van der Waals surface area contributed by atoms with Gasteiger partial charge in [-0.15, -0.1) is 0 Å². The third-order valence-corrected chi connectivity index (χ3v) is 6.68. The average molecular weight is 464 g/mol. The first-order valence-electron chi connectivity index (χ1n) is 11.7. The summed E-state index contributed by atoms with van der Waals surface area (Å²) in [5, 5.41) is 4.15. The Labute approximate surface area is 198 Å². The van der Waals surface area contributed by atoms with E-state index in [1.165, 1.54) is 12.8 Å². The molecule has 5 rings (SSSR count). The van der Waals surface area contributed by atoms with Gasteiger partial charge in [-0.1, -0.05) is 18.0 Å². The van der Waals surface area contributed by atoms with Gasteiger partial charge in [-0.25, -0.2) is 4.98 Å². The van der Waals surface area contributed by atoms with Crippen LogP contribution in [0.2, 0.25) is 0 Å². The fraction of sp³-hybridized carbons (Fsp3) is 0.440. The van der Waals surface area contributed by atoms with E-state index < -0.39 is 0 Å². The number of ether oxygens (including phenoxy) is 2. The molecule has 1 aliphatic heterocycles. The zero-order valence-corrected chi connectivity index (χ0v) is 19.6. The molecule has 0 spiro atoms. The van der Waals surface area contributed by atoms with Crippen LogP contribution < -0.4 is 14.4 Å². The molecule has 178 valence electrons. The Morgan fingerprint density at radius 3 is 2.50 bits per heavy atom. The normalized spacial score (nSPS) is 16.6. The van der Waals surface area contributed by atoms with E-state index in [9.17, 15) is 4.79 Å². The fourth-order valence-corrected chi connectivity index (χ4v) is 4.68. The van der Waals surface area contributed by atoms with Crippen molar-refractivity contribution < 1.29 is 18.8 Å². The zero-order chi connectivity index (χ0) is 23.5. The molecule has 3 heterocycles. The molecule has 9 heteroatoms. The number of methoxy groups -OCH3 is 2. The summed E-state index contributed by atoms with van der Waals surface area (Å²) in [5.74, 6) is 3.72. The molecule has 0 bridgehead atoms. The van der Waals surface area contributed by atoms with Crippen LogP contribution in [0, 0.1) is 0 Å². The number of hydrogen-bond acceptors (Lipinski definition) is 8. The number of carbonyl (C=O) groups excluding carboxylic acids is 1. The Morgan fingerprint density at radius 1 is 1.03 bits per heavy atom. The number of pyridine rings is 1. The molecule has 9 nitrogen and oxygen atoms in total. The molecule has 1 aromatic carbocycles. The van der Waals surface area contributed by atoms with Gasteiger partial charge in [0.2, 0.25) is 11.7 Å². The van der Waals surface area contributed by atoms with Crippen LogP contribution in [-0.2, 0) is 0 Å². The number of nitrogens with zero attached hydrogens (tertiary/aromatic N) is 5. The van der Waals surface area contributed by atoms with Crippen LogP contribution >= 0.6 is 0 Å². The molecule has 2 aliphatic rings. The van der Waals surface area contributed by atoms with Gasteiger partial charge in [0, 0.05) is 49.9 Å². The molecule has 2 fully saturated rings. The van der Waals surface area contributed by atoms with Crippen LogP contribution in [0.5, 0.6) is 11.5 Å². The Morgan fingerprint density at radius 2 is 1.82 bits per heavy atom. The van der Waals surface area contributed by atoms with Gasteiger partial charge in [0.15, 0.2) is 0 Å². The second kappa shape index (κ2) is 9.70. The molecule has 34 heavy (non-hydrogen) atoms. The van der Waals surface area contributed by atoms with Gasteiger partial charge >= 0.3 is 0 Å². The van der Waals surface area contributed by atoms with Gasteiger partial charge < -0.3 is 23.8 Å². The topological polar surface area (TPSA) is 93.8 Å². The summed E-state index contributed by atoms with van der Waals surface area (Å²) in [7, 11) is 3.15. The highest BCUT2D eigenvalue weighted by Crippen LogP contribution is 2.34. The lowest BCUT2D eigenvalue weighted by Gasteiger charge is -2.35. The number of amides is 1. The van der Waals surface area contributed by atoms with Crippen LogP contribution in [-0.4, -0.2) is 66.3 Å². The highest BCUT2D eigenvalue weighted by molar-refractivity contribution is 5.97. The van der Waals surface area contributed by atoms with E-state index in [0.717, 1.165) is 30.1 Å². The molecule has 0 unspecified atom stereocenters. The number of benzene rings is 1. The standard InChI is InChI=1S/C25H29N5O4/c1-32-19-8-9-20(21(15-19)33-2)25(31)30-13-11-29(12-14-30)22-10-7-18(16-26-22)23-27-24(34-28-23)17-5-3-4-6-17/h7-10,15-17H,3-6,11-14H2,1-2H3. The quantitative estimate of drug-likeness (QED) is 0.545. The maximum atomic E-state index is 13.1. The SMILES string of the molecule is COc1ccc(C(=O)N2CCN(c3ccc(-c4noc(C5CCCC5)n4)cn3)CC2)c(OC)c1. The predicted octanol–water partition coefficient (Wildman–Crippen LogP) is 3.77. The molecule has 1 saturated carbocycles. The van der Waals surface area contributed by atoms with Gasteiger partial charge in [0.1, 0.15) is 17.3 Å². The van der Waals surface area contributed by atoms with Crippen molar-refractivity contribution in [3.8, 4) is 22.9 Å². The van der Waals surface area contributed by atoms with E-state index in [0.29, 0.717) is 55.0 Å². The van der Waals surface area contributed by atoms with Crippen LogP contribution in [0.1, 0.15) is 47.8 Å². The third-order valence-electron chi connectivity index (χ3n) is 6.68. The molecular formula is C25H29N5O4. The number of carbonyl (C=O) groups is 1. The molecule has 0 N–H and O–H groups in total. The largest absolute Gasteiger partial charge is 0.497 e. The number of rotatable bonds is 6. The summed E-state index contributed by atoms with van der Waals surface area (Å²) in [5.41, 5.74) is 1.38. The van der Waals surface area contributed by atoms with E-state index in [1.54, 1.807) is 38.6 Å². The van der Waals surface area contributed by atoms with Gasteiger partial charge in [-0.3, -0.25) is 4.79 Å². The molecule has 1 saturated heterocycles. The van der Waals surface area contributed by atoms with E-state index in [1.807, 2.05) is 17.0 Å². The minimum atomic E-state index is -0.0439. The van der Waals surface area contributed by atoms with E-state index in [4.69, 9.17) is 14.0 Å². The van der Waals surface area contributed by atoms with Crippen molar-refractivity contribution in [2.24, 2.45) is 0 Å². The van der Waals surface area contributed by atoms with Crippen molar-refractivity contribution in [1.29, 1.82) is 0 Å². The smallest absolute Gasteiger partial charge is 0.257 e. The maximum Gasteiger partial charge on any atom is 0.257 e. The molecular weight excluding hydrogens is 434 g/mol. The minimum Gasteiger partial charge on any atom is -0.497 e. The number of piperazine rings is 1. The van der Waals surface area contributed by atoms with Gasteiger partial charge in [-0.05, 0) is 37.1 Å². The monoisotopic (exact) mass is 463 g/mol. The summed E-state index contributed by atoms with van der Waals surface area (Å²) in [4.78, 5) is 26.3. The van der Waals surface area contributed by atoms with Crippen molar-refractivity contribution in [2.75, 3.05) is 45.3 Å². The summed E-state index contributed by atoms with van der Waals surface area (Å²) in [6.45, 7) is 2.61. The fourth-order valence-electron chi connectivity index (χ4n) is 4.68. The van der Waals surface area contributed by atoms with Crippen LogP contribution in [0.3, 0.4) is 0 Å². The molecule has 3 aromatic rings. The Balaban J connectivity index is 1.21. The van der Waals surface area contributed by atoms with E-state index in [-0.39, 0.29) is 5.91 Å². The van der Waals surface area contributed by atoms with E-state index >= 15 is 0 Å². The van der Waals surface area contributed by atoms with Crippen LogP contribution in [0.25, 0.3) is 11.4 Å². The summed E-state index contributed by atoms with van der Waals surface area (Å²) < 4.78 is 16.1. The second-order valence-corrected chi connectivity index (χ2v) is 8.69. The number of aromatic nitrogens is 3. The van der Waals surface area contributed by atoms with Gasteiger partial charge in [-0.2, -0.15) is 4.98 Å². The molecule has 1 amide bonds. The average Bonchev–Trinajstić information content (AvgIpc) is 3.61. The van der Waals surface area contributed by atoms with Crippen molar-refractivity contribution in [2.45, 2.75) is 31.6 Å². The minimum absolute atomic E-state index is 0.0439. The Hall–Kier alpha value is -3.62. The van der Waals surface area contributed by atoms with Crippen LogP contribution in [0.15, 0.2) is 41.1 Å². The lowest BCUT2D eigenvalue weighted by Crippen LogP contribution is -2.49. The number of anilines is 1. The van der Waals surface area contributed by atoms with Gasteiger partial charge in [0.05, 0.1) is 19.8 Å². The molecule has 1 aliphatic carbocycles. The Kier molecular flexibility index (Phi) is 6.33. The summed E-state index contributed by atoms with van der Waals surface area (Å²) in [6, 6.07) is 9.21. The number of hydrogen-bond donors (Lipinski definition) is 0. The second-order valence-electron chi connectivity index (χ2n) is 8.69. The maximum absolute atomic E-state index is 13.1. The molecule has 2 aromatic heterocycles. The first-order chi connectivity index (χ1) is 16.7. The van der Waals surface area contributed by atoms with E-state index in [2.05, 4.69) is 20.0 Å². The van der Waals surface area contributed by atoms with Crippen LogP contribution in [0.4, 0.5) is 5.82 Å². The predicted molar refractivity (Wildman–Crippen MR) is 126 cm³/mol. The first kappa shape index (κ1) is 22.2. The molecule has 0 radical (unpaired) electrons. The summed E-state index contributed by atoms with van der Waals surface area (Å²) in [6.07, 6.45) is 6.49. The highest BCUT2D eigenvalue weighted by atomic mass is 16.5. The summed E-state index contributed by atoms with van der Waals surface area (Å²) >= 11 is 0. The highest BCUT2D eigenvalue weighted by Gasteiger charge is 2.26. The van der Waals surface area contributed by atoms with Crippen molar-refractivity contribution in [3.05, 3.63) is 48.0 Å². The van der Waals surface area contributed by atoms with Gasteiger partial charge in [0.25, 0.3) is 5.91 Å². The van der Waals surface area contributed by atoms with Crippen molar-refractivity contribution >= 4 is 11.7 Å².